The number of fused-ring (bicyclic) bond motifs is 1. The Labute approximate surface area is 143 Å². The van der Waals surface area contributed by atoms with Gasteiger partial charge >= 0.3 is 0 Å². The third-order valence-corrected chi connectivity index (χ3v) is 3.97. The van der Waals surface area contributed by atoms with Crippen molar-refractivity contribution in [2.45, 2.75) is 13.5 Å². The van der Waals surface area contributed by atoms with E-state index in [2.05, 4.69) is 4.98 Å². The van der Waals surface area contributed by atoms with Gasteiger partial charge in [0.1, 0.15) is 12.4 Å². The van der Waals surface area contributed by atoms with Gasteiger partial charge in [0.05, 0.1) is 28.8 Å². The van der Waals surface area contributed by atoms with E-state index in [0.29, 0.717) is 34.1 Å². The highest BCUT2D eigenvalue weighted by atomic mass is 35.5. The van der Waals surface area contributed by atoms with Gasteiger partial charge < -0.3 is 4.74 Å². The number of benzene rings is 2. The summed E-state index contributed by atoms with van der Waals surface area (Å²) in [6, 6.07) is 10.9. The highest BCUT2D eigenvalue weighted by Gasteiger charge is 2.09. The van der Waals surface area contributed by atoms with Gasteiger partial charge in [-0.25, -0.2) is 4.98 Å². The molecule has 3 rings (SSSR count). The van der Waals surface area contributed by atoms with Crippen molar-refractivity contribution in [1.29, 1.82) is 0 Å². The van der Waals surface area contributed by atoms with E-state index in [4.69, 9.17) is 27.9 Å². The number of rotatable bonds is 4. The standard InChI is InChI=1S/C17H14Cl2N2O2/c1-11-2-4-13(5-3-11)23-7-6-21-10-20-16-14(17(21)22)8-12(18)9-15(16)19/h2-5,8-10H,6-7H2,1H3. The Morgan fingerprint density at radius 3 is 2.65 bits per heavy atom. The number of aryl methyl sites for hydroxylation is 1. The molecule has 6 heteroatoms. The Morgan fingerprint density at radius 1 is 1.17 bits per heavy atom. The molecule has 0 fully saturated rings. The number of nitrogens with zero attached hydrogens (tertiary/aromatic N) is 2. The van der Waals surface area contributed by atoms with Crippen molar-refractivity contribution in [2.24, 2.45) is 0 Å². The minimum atomic E-state index is -0.188. The largest absolute Gasteiger partial charge is 0.492 e. The molecule has 0 bridgehead atoms. The van der Waals surface area contributed by atoms with Gasteiger partial charge in [-0.15, -0.1) is 0 Å². The van der Waals surface area contributed by atoms with Crippen LogP contribution in [0.5, 0.6) is 5.75 Å². The Balaban J connectivity index is 1.79. The lowest BCUT2D eigenvalue weighted by molar-refractivity contribution is 0.296. The molecule has 0 saturated heterocycles. The Kier molecular flexibility index (Phi) is 4.55. The van der Waals surface area contributed by atoms with Crippen LogP contribution in [-0.2, 0) is 6.54 Å². The average molecular weight is 349 g/mol. The van der Waals surface area contributed by atoms with Crippen molar-refractivity contribution in [1.82, 2.24) is 9.55 Å². The average Bonchev–Trinajstić information content (AvgIpc) is 2.52. The second-order valence-electron chi connectivity index (χ2n) is 5.19. The third kappa shape index (κ3) is 3.49. The fraction of sp³-hybridized carbons (Fsp3) is 0.176. The molecule has 0 saturated carbocycles. The molecule has 0 spiro atoms. The molecular formula is C17H14Cl2N2O2. The molecule has 0 aliphatic carbocycles. The number of hydrogen-bond acceptors (Lipinski definition) is 3. The first kappa shape index (κ1) is 15.8. The summed E-state index contributed by atoms with van der Waals surface area (Å²) in [5.74, 6) is 0.767. The van der Waals surface area contributed by atoms with Crippen molar-refractivity contribution in [3.05, 3.63) is 68.7 Å². The van der Waals surface area contributed by atoms with Crippen molar-refractivity contribution >= 4 is 34.1 Å². The van der Waals surface area contributed by atoms with E-state index in [1.54, 1.807) is 12.1 Å². The van der Waals surface area contributed by atoms with Crippen LogP contribution in [0.3, 0.4) is 0 Å². The predicted octanol–water partition coefficient (Wildman–Crippen LogP) is 4.09. The maximum atomic E-state index is 12.5. The van der Waals surface area contributed by atoms with Gasteiger partial charge in [-0.05, 0) is 31.2 Å². The smallest absolute Gasteiger partial charge is 0.261 e. The van der Waals surface area contributed by atoms with Crippen LogP contribution in [0, 0.1) is 6.92 Å². The quantitative estimate of drug-likeness (QED) is 0.713. The maximum Gasteiger partial charge on any atom is 0.261 e. The SMILES string of the molecule is Cc1ccc(OCCn2cnc3c(Cl)cc(Cl)cc3c2=O)cc1. The van der Waals surface area contributed by atoms with Gasteiger partial charge in [-0.1, -0.05) is 40.9 Å². The summed E-state index contributed by atoms with van der Waals surface area (Å²) in [6.45, 7) is 2.77. The molecule has 118 valence electrons. The molecule has 2 aromatic carbocycles. The lowest BCUT2D eigenvalue weighted by Crippen LogP contribution is -2.23. The molecule has 0 N–H and O–H groups in total. The molecule has 0 unspecified atom stereocenters. The van der Waals surface area contributed by atoms with E-state index in [1.807, 2.05) is 31.2 Å². The minimum Gasteiger partial charge on any atom is -0.492 e. The highest BCUT2D eigenvalue weighted by molar-refractivity contribution is 6.38. The Bertz CT molecular complexity index is 905. The molecule has 1 aromatic heterocycles. The van der Waals surface area contributed by atoms with Gasteiger partial charge in [0.25, 0.3) is 5.56 Å². The molecule has 23 heavy (non-hydrogen) atoms. The van der Waals surface area contributed by atoms with Gasteiger partial charge in [0.2, 0.25) is 0 Å². The molecule has 0 aliphatic rings. The Hall–Kier alpha value is -2.04. The lowest BCUT2D eigenvalue weighted by atomic mass is 10.2. The van der Waals surface area contributed by atoms with E-state index in [1.165, 1.54) is 16.5 Å². The second kappa shape index (κ2) is 6.60. The van der Waals surface area contributed by atoms with Crippen molar-refractivity contribution in [3.8, 4) is 5.75 Å². The number of hydrogen-bond donors (Lipinski definition) is 0. The number of halogens is 2. The fourth-order valence-corrected chi connectivity index (χ4v) is 2.79. The first-order chi connectivity index (χ1) is 11.0. The van der Waals surface area contributed by atoms with Crippen molar-refractivity contribution in [2.75, 3.05) is 6.61 Å². The van der Waals surface area contributed by atoms with E-state index >= 15 is 0 Å². The van der Waals surface area contributed by atoms with E-state index in [0.717, 1.165) is 5.75 Å². The third-order valence-electron chi connectivity index (χ3n) is 3.47. The second-order valence-corrected chi connectivity index (χ2v) is 6.03. The van der Waals surface area contributed by atoms with Gasteiger partial charge in [-0.3, -0.25) is 9.36 Å². The van der Waals surface area contributed by atoms with Crippen LogP contribution in [0.25, 0.3) is 10.9 Å². The van der Waals surface area contributed by atoms with Crippen LogP contribution in [0.2, 0.25) is 10.0 Å². The summed E-state index contributed by atoms with van der Waals surface area (Å²) in [5.41, 5.74) is 1.43. The molecule has 3 aromatic rings. The van der Waals surface area contributed by atoms with Gasteiger partial charge in [0.15, 0.2) is 0 Å². The van der Waals surface area contributed by atoms with E-state index < -0.39 is 0 Å². The van der Waals surface area contributed by atoms with E-state index in [9.17, 15) is 4.79 Å². The van der Waals surface area contributed by atoms with Crippen LogP contribution in [0.15, 0.2) is 47.5 Å². The van der Waals surface area contributed by atoms with Crippen LogP contribution in [0.4, 0.5) is 0 Å². The van der Waals surface area contributed by atoms with Crippen LogP contribution < -0.4 is 10.3 Å². The molecule has 1 heterocycles. The summed E-state index contributed by atoms with van der Waals surface area (Å²) in [5, 5.41) is 1.18. The van der Waals surface area contributed by atoms with Gasteiger partial charge in [0, 0.05) is 5.02 Å². The van der Waals surface area contributed by atoms with E-state index in [-0.39, 0.29) is 5.56 Å². The van der Waals surface area contributed by atoms with Crippen molar-refractivity contribution in [3.63, 3.8) is 0 Å². The summed E-state index contributed by atoms with van der Waals surface area (Å²) in [6.07, 6.45) is 1.48. The lowest BCUT2D eigenvalue weighted by Gasteiger charge is -2.09. The summed E-state index contributed by atoms with van der Waals surface area (Å²) in [7, 11) is 0. The first-order valence-corrected chi connectivity index (χ1v) is 7.84. The Morgan fingerprint density at radius 2 is 1.91 bits per heavy atom. The molecule has 0 radical (unpaired) electrons. The van der Waals surface area contributed by atoms with Gasteiger partial charge in [-0.2, -0.15) is 0 Å². The van der Waals surface area contributed by atoms with Crippen LogP contribution >= 0.6 is 23.2 Å². The fourth-order valence-electron chi connectivity index (χ4n) is 2.25. The predicted molar refractivity (Wildman–Crippen MR) is 92.7 cm³/mol. The first-order valence-electron chi connectivity index (χ1n) is 7.08. The highest BCUT2D eigenvalue weighted by Crippen LogP contribution is 2.23. The normalized spacial score (nSPS) is 10.9. The molecule has 0 atom stereocenters. The molecule has 0 aliphatic heterocycles. The molecule has 0 amide bonds. The summed E-state index contributed by atoms with van der Waals surface area (Å²) in [4.78, 5) is 16.7. The van der Waals surface area contributed by atoms with Crippen LogP contribution in [-0.4, -0.2) is 16.2 Å². The van der Waals surface area contributed by atoms with Crippen molar-refractivity contribution < 1.29 is 4.74 Å². The number of ether oxygens (including phenoxy) is 1. The van der Waals surface area contributed by atoms with Crippen LogP contribution in [0.1, 0.15) is 5.56 Å². The molecule has 4 nitrogen and oxygen atoms in total. The zero-order valence-electron chi connectivity index (χ0n) is 12.4. The summed E-state index contributed by atoms with van der Waals surface area (Å²) < 4.78 is 7.13. The molecular weight excluding hydrogens is 335 g/mol. The number of aromatic nitrogens is 2. The zero-order chi connectivity index (χ0) is 16.4. The summed E-state index contributed by atoms with van der Waals surface area (Å²) >= 11 is 12.0. The topological polar surface area (TPSA) is 44.1 Å². The zero-order valence-corrected chi connectivity index (χ0v) is 13.9. The minimum absolute atomic E-state index is 0.188. The monoisotopic (exact) mass is 348 g/mol. The maximum absolute atomic E-state index is 12.5.